The molecular weight excluding hydrogens is 334 g/mol. The van der Waals surface area contributed by atoms with Gasteiger partial charge in [-0.1, -0.05) is 27.2 Å². The van der Waals surface area contributed by atoms with Crippen LogP contribution in [0.3, 0.4) is 0 Å². The number of ether oxygens (including phenoxy) is 1. The second-order valence-corrected chi connectivity index (χ2v) is 5.21. The Bertz CT molecular complexity index is 772. The zero-order valence-corrected chi connectivity index (χ0v) is 12.8. The molecule has 1 aromatic carbocycles. The maximum absolute atomic E-state index is 5.95. The molecule has 0 aliphatic rings. The zero-order chi connectivity index (χ0) is 14.8. The number of hydrogen-bond donors (Lipinski definition) is 1. The van der Waals surface area contributed by atoms with Gasteiger partial charge in [0, 0.05) is 28.0 Å². The summed E-state index contributed by atoms with van der Waals surface area (Å²) < 4.78 is 11.6. The van der Waals surface area contributed by atoms with Crippen molar-refractivity contribution >= 4 is 21.7 Å². The monoisotopic (exact) mass is 345 g/mol. The molecule has 0 aliphatic heterocycles. The molecule has 106 valence electrons. The molecule has 0 saturated carbocycles. The Morgan fingerprint density at radius 1 is 1.29 bits per heavy atom. The van der Waals surface area contributed by atoms with E-state index in [1.165, 1.54) is 0 Å². The highest BCUT2D eigenvalue weighted by atomic mass is 79.9. The van der Waals surface area contributed by atoms with Gasteiger partial charge in [0.05, 0.1) is 12.7 Å². The fourth-order valence-electron chi connectivity index (χ4n) is 2.08. The van der Waals surface area contributed by atoms with E-state index >= 15 is 0 Å². The van der Waals surface area contributed by atoms with Gasteiger partial charge in [-0.05, 0) is 24.3 Å². The first-order valence-corrected chi connectivity index (χ1v) is 6.99. The molecular formula is C15H12BrN3O2. The average molecular weight is 346 g/mol. The highest BCUT2D eigenvalue weighted by molar-refractivity contribution is 9.10. The first-order chi connectivity index (χ1) is 10.2. The Hall–Kier alpha value is -2.34. The topological polar surface area (TPSA) is 74.2 Å². The molecule has 21 heavy (non-hydrogen) atoms. The van der Waals surface area contributed by atoms with Gasteiger partial charge in [-0.25, -0.2) is 0 Å². The first kappa shape index (κ1) is 13.6. The van der Waals surface area contributed by atoms with Crippen molar-refractivity contribution in [1.82, 2.24) is 10.1 Å². The SMILES string of the molecule is COc1ccc(Br)c(-c2onc(N)c2-c2cccnc2)c1. The summed E-state index contributed by atoms with van der Waals surface area (Å²) in [6.45, 7) is 0. The normalized spacial score (nSPS) is 10.6. The first-order valence-electron chi connectivity index (χ1n) is 6.20. The molecule has 6 heteroatoms. The maximum atomic E-state index is 5.95. The molecule has 3 rings (SSSR count). The van der Waals surface area contributed by atoms with E-state index in [4.69, 9.17) is 15.0 Å². The van der Waals surface area contributed by atoms with Gasteiger partial charge in [0.25, 0.3) is 0 Å². The molecule has 2 aromatic heterocycles. The molecule has 0 amide bonds. The van der Waals surface area contributed by atoms with E-state index in [1.807, 2.05) is 30.3 Å². The van der Waals surface area contributed by atoms with Crippen molar-refractivity contribution in [2.45, 2.75) is 0 Å². The second-order valence-electron chi connectivity index (χ2n) is 4.36. The van der Waals surface area contributed by atoms with Gasteiger partial charge in [0.2, 0.25) is 0 Å². The number of halogens is 1. The zero-order valence-electron chi connectivity index (χ0n) is 11.2. The summed E-state index contributed by atoms with van der Waals surface area (Å²) in [6, 6.07) is 9.36. The fourth-order valence-corrected chi connectivity index (χ4v) is 2.51. The number of aromatic nitrogens is 2. The predicted octanol–water partition coefficient (Wildman–Crippen LogP) is 3.76. The van der Waals surface area contributed by atoms with Crippen LogP contribution in [0.15, 0.2) is 51.7 Å². The number of benzene rings is 1. The van der Waals surface area contributed by atoms with Crippen molar-refractivity contribution in [3.05, 3.63) is 47.2 Å². The van der Waals surface area contributed by atoms with Crippen molar-refractivity contribution in [2.24, 2.45) is 0 Å². The lowest BCUT2D eigenvalue weighted by molar-refractivity contribution is 0.413. The molecule has 0 fully saturated rings. The summed E-state index contributed by atoms with van der Waals surface area (Å²) in [4.78, 5) is 4.11. The van der Waals surface area contributed by atoms with Crippen LogP contribution in [0.4, 0.5) is 5.82 Å². The summed E-state index contributed by atoms with van der Waals surface area (Å²) in [6.07, 6.45) is 3.43. The number of methoxy groups -OCH3 is 1. The van der Waals surface area contributed by atoms with Gasteiger partial charge in [-0.2, -0.15) is 0 Å². The molecule has 5 nitrogen and oxygen atoms in total. The van der Waals surface area contributed by atoms with E-state index in [9.17, 15) is 0 Å². The van der Waals surface area contributed by atoms with Crippen molar-refractivity contribution in [1.29, 1.82) is 0 Å². The van der Waals surface area contributed by atoms with E-state index < -0.39 is 0 Å². The minimum Gasteiger partial charge on any atom is -0.497 e. The largest absolute Gasteiger partial charge is 0.497 e. The number of hydrogen-bond acceptors (Lipinski definition) is 5. The molecule has 0 spiro atoms. The molecule has 3 aromatic rings. The van der Waals surface area contributed by atoms with Crippen molar-refractivity contribution in [2.75, 3.05) is 12.8 Å². The number of nitrogen functional groups attached to an aromatic ring is 1. The third-order valence-electron chi connectivity index (χ3n) is 3.09. The number of nitrogens with zero attached hydrogens (tertiary/aromatic N) is 2. The smallest absolute Gasteiger partial charge is 0.178 e. The van der Waals surface area contributed by atoms with E-state index in [2.05, 4.69) is 26.1 Å². The number of nitrogens with two attached hydrogens (primary N) is 1. The van der Waals surface area contributed by atoms with Crippen molar-refractivity contribution in [3.63, 3.8) is 0 Å². The van der Waals surface area contributed by atoms with Gasteiger partial charge < -0.3 is 15.0 Å². The highest BCUT2D eigenvalue weighted by Gasteiger charge is 2.20. The molecule has 0 unspecified atom stereocenters. The minimum atomic E-state index is 0.327. The lowest BCUT2D eigenvalue weighted by atomic mass is 10.0. The van der Waals surface area contributed by atoms with Gasteiger partial charge in [0.15, 0.2) is 11.6 Å². The number of pyridine rings is 1. The Labute approximate surface area is 129 Å². The summed E-state index contributed by atoms with van der Waals surface area (Å²) in [5.74, 6) is 1.62. The van der Waals surface area contributed by atoms with Crippen LogP contribution in [-0.4, -0.2) is 17.3 Å². The second kappa shape index (κ2) is 5.57. The Balaban J connectivity index is 2.21. The summed E-state index contributed by atoms with van der Waals surface area (Å²) in [5.41, 5.74) is 8.34. The van der Waals surface area contributed by atoms with Crippen LogP contribution in [0.5, 0.6) is 5.75 Å². The minimum absolute atomic E-state index is 0.327. The standard InChI is InChI=1S/C15H12BrN3O2/c1-20-10-4-5-12(16)11(7-10)14-13(15(17)19-21-14)9-3-2-6-18-8-9/h2-8H,1H3,(H2,17,19). The van der Waals surface area contributed by atoms with E-state index in [0.717, 1.165) is 26.9 Å². The third kappa shape index (κ3) is 2.50. The molecule has 0 saturated heterocycles. The van der Waals surface area contributed by atoms with Crippen LogP contribution in [-0.2, 0) is 0 Å². The van der Waals surface area contributed by atoms with Crippen LogP contribution < -0.4 is 10.5 Å². The summed E-state index contributed by atoms with van der Waals surface area (Å²) in [7, 11) is 1.61. The Morgan fingerprint density at radius 2 is 2.14 bits per heavy atom. The predicted molar refractivity (Wildman–Crippen MR) is 83.8 cm³/mol. The molecule has 0 aliphatic carbocycles. The highest BCUT2D eigenvalue weighted by Crippen LogP contribution is 2.40. The van der Waals surface area contributed by atoms with Crippen LogP contribution in [0.1, 0.15) is 0 Å². The van der Waals surface area contributed by atoms with E-state index in [1.54, 1.807) is 19.5 Å². The molecule has 2 heterocycles. The van der Waals surface area contributed by atoms with Crippen LogP contribution in [0, 0.1) is 0 Å². The fraction of sp³-hybridized carbons (Fsp3) is 0.0667. The van der Waals surface area contributed by atoms with Crippen molar-refractivity contribution < 1.29 is 9.26 Å². The molecule has 0 bridgehead atoms. The average Bonchev–Trinajstić information content (AvgIpc) is 2.90. The van der Waals surface area contributed by atoms with Gasteiger partial charge in [-0.3, -0.25) is 4.98 Å². The van der Waals surface area contributed by atoms with Crippen LogP contribution in [0.25, 0.3) is 22.5 Å². The van der Waals surface area contributed by atoms with Crippen LogP contribution >= 0.6 is 15.9 Å². The number of rotatable bonds is 3. The van der Waals surface area contributed by atoms with Gasteiger partial charge in [0.1, 0.15) is 5.75 Å². The maximum Gasteiger partial charge on any atom is 0.178 e. The molecule has 0 radical (unpaired) electrons. The summed E-state index contributed by atoms with van der Waals surface area (Å²) >= 11 is 3.51. The lowest BCUT2D eigenvalue weighted by Crippen LogP contribution is -1.90. The molecule has 0 atom stereocenters. The third-order valence-corrected chi connectivity index (χ3v) is 3.78. The lowest BCUT2D eigenvalue weighted by Gasteiger charge is -2.07. The van der Waals surface area contributed by atoms with E-state index in [0.29, 0.717) is 11.6 Å². The Kier molecular flexibility index (Phi) is 3.62. The van der Waals surface area contributed by atoms with E-state index in [-0.39, 0.29) is 0 Å². The quantitative estimate of drug-likeness (QED) is 0.782. The van der Waals surface area contributed by atoms with Crippen LogP contribution in [0.2, 0.25) is 0 Å². The van der Waals surface area contributed by atoms with Crippen molar-refractivity contribution in [3.8, 4) is 28.2 Å². The van der Waals surface area contributed by atoms with Gasteiger partial charge in [-0.15, -0.1) is 0 Å². The number of anilines is 1. The Morgan fingerprint density at radius 3 is 2.86 bits per heavy atom. The summed E-state index contributed by atoms with van der Waals surface area (Å²) in [5, 5.41) is 3.88. The van der Waals surface area contributed by atoms with Gasteiger partial charge >= 0.3 is 0 Å². The molecule has 2 N–H and O–H groups in total.